The summed E-state index contributed by atoms with van der Waals surface area (Å²) in [5.74, 6) is -0.914. The molecule has 0 bridgehead atoms. The highest BCUT2D eigenvalue weighted by Crippen LogP contribution is 2.39. The van der Waals surface area contributed by atoms with Crippen molar-refractivity contribution in [1.29, 1.82) is 0 Å². The summed E-state index contributed by atoms with van der Waals surface area (Å²) in [6, 6.07) is 6.00. The lowest BCUT2D eigenvalue weighted by molar-refractivity contribution is -0.154. The molecule has 2 rings (SSSR count). The van der Waals surface area contributed by atoms with E-state index >= 15 is 0 Å². The Hall–Kier alpha value is -1.68. The minimum Gasteiger partial charge on any atom is -0.404 e. The van der Waals surface area contributed by atoms with Crippen LogP contribution in [0.15, 0.2) is 24.3 Å². The van der Waals surface area contributed by atoms with E-state index in [1.165, 1.54) is 5.06 Å². The highest BCUT2D eigenvalue weighted by Gasteiger charge is 2.41. The fraction of sp³-hybridized carbons (Fsp3) is 0.500. The Morgan fingerprint density at radius 2 is 2.04 bits per heavy atom. The number of aliphatic hydroxyl groups excluding tert-OH is 1. The molecule has 0 aromatic heterocycles. The summed E-state index contributed by atoms with van der Waals surface area (Å²) in [5.41, 5.74) is 0.615. The molecule has 0 saturated carbocycles. The molecule has 1 aromatic carbocycles. The quantitative estimate of drug-likeness (QED) is 0.720. The number of para-hydroxylation sites is 1. The molecule has 1 aromatic rings. The Morgan fingerprint density at radius 3 is 2.61 bits per heavy atom. The first-order valence-electron chi connectivity index (χ1n) is 7.14. The van der Waals surface area contributed by atoms with Crippen LogP contribution in [0.4, 0.5) is 0 Å². The van der Waals surface area contributed by atoms with Crippen LogP contribution >= 0.6 is 0 Å². The summed E-state index contributed by atoms with van der Waals surface area (Å²) < 4.78 is 31.3. The predicted octanol–water partition coefficient (Wildman–Crippen LogP) is 0.412. The third kappa shape index (κ3) is 3.99. The number of benzene rings is 1. The summed E-state index contributed by atoms with van der Waals surface area (Å²) in [7, 11) is -4.40. The number of aliphatic hydroxyl groups is 1. The van der Waals surface area contributed by atoms with Crippen molar-refractivity contribution >= 4 is 16.0 Å². The van der Waals surface area contributed by atoms with Crippen molar-refractivity contribution < 1.29 is 27.7 Å². The molecule has 128 valence electrons. The molecule has 1 amide bonds. The molecule has 0 aliphatic carbocycles. The summed E-state index contributed by atoms with van der Waals surface area (Å²) in [6.45, 7) is 3.05. The number of rotatable bonds is 6. The van der Waals surface area contributed by atoms with Crippen LogP contribution in [-0.4, -0.2) is 59.0 Å². The molecule has 1 atom stereocenters. The monoisotopic (exact) mass is 344 g/mol. The molecule has 1 aliphatic heterocycles. The van der Waals surface area contributed by atoms with Gasteiger partial charge in [0.15, 0.2) is 11.8 Å². The summed E-state index contributed by atoms with van der Waals surface area (Å²) in [5, 5.41) is 10.6. The Bertz CT molecular complexity index is 676. The van der Waals surface area contributed by atoms with E-state index in [0.717, 1.165) is 4.90 Å². The van der Waals surface area contributed by atoms with Gasteiger partial charge >= 0.3 is 0 Å². The van der Waals surface area contributed by atoms with Crippen LogP contribution in [0, 0.1) is 0 Å². The summed E-state index contributed by atoms with van der Waals surface area (Å²) >= 11 is 0. The van der Waals surface area contributed by atoms with Gasteiger partial charge in [-0.1, -0.05) is 18.2 Å². The SMILES string of the molecule is CC(C)N1Oc2ccccc2C1C(=O)N(CCO)CS(=O)(=O)O. The van der Waals surface area contributed by atoms with E-state index < -0.39 is 34.6 Å². The lowest BCUT2D eigenvalue weighted by Crippen LogP contribution is -2.46. The molecule has 1 heterocycles. The summed E-state index contributed by atoms with van der Waals surface area (Å²) in [6.07, 6.45) is 0. The smallest absolute Gasteiger partial charge is 0.283 e. The van der Waals surface area contributed by atoms with Gasteiger partial charge in [-0.15, -0.1) is 5.06 Å². The molecule has 0 spiro atoms. The Morgan fingerprint density at radius 1 is 1.39 bits per heavy atom. The maximum absolute atomic E-state index is 12.8. The van der Waals surface area contributed by atoms with Crippen LogP contribution in [0.1, 0.15) is 25.5 Å². The lowest BCUT2D eigenvalue weighted by Gasteiger charge is -2.29. The van der Waals surface area contributed by atoms with Gasteiger partial charge in [-0.2, -0.15) is 8.42 Å². The average molecular weight is 344 g/mol. The lowest BCUT2D eigenvalue weighted by atomic mass is 10.0. The van der Waals surface area contributed by atoms with Gasteiger partial charge in [0.1, 0.15) is 5.88 Å². The van der Waals surface area contributed by atoms with Crippen molar-refractivity contribution in [3.63, 3.8) is 0 Å². The average Bonchev–Trinajstić information content (AvgIpc) is 2.84. The highest BCUT2D eigenvalue weighted by atomic mass is 32.2. The number of carbonyl (C=O) groups excluding carboxylic acids is 1. The van der Waals surface area contributed by atoms with E-state index in [0.29, 0.717) is 11.3 Å². The molecule has 1 aliphatic rings. The minimum absolute atomic E-state index is 0.141. The molecule has 1 unspecified atom stereocenters. The van der Waals surface area contributed by atoms with E-state index in [-0.39, 0.29) is 12.6 Å². The van der Waals surface area contributed by atoms with E-state index in [1.807, 2.05) is 13.8 Å². The topological polar surface area (TPSA) is 107 Å². The number of carbonyl (C=O) groups is 1. The third-order valence-corrected chi connectivity index (χ3v) is 4.05. The number of amides is 1. The van der Waals surface area contributed by atoms with E-state index in [1.54, 1.807) is 24.3 Å². The predicted molar refractivity (Wildman–Crippen MR) is 82.0 cm³/mol. The zero-order valence-electron chi connectivity index (χ0n) is 12.9. The van der Waals surface area contributed by atoms with Gasteiger partial charge in [-0.25, -0.2) is 0 Å². The fourth-order valence-corrected chi connectivity index (χ4v) is 3.12. The molecule has 2 N–H and O–H groups in total. The van der Waals surface area contributed by atoms with Crippen LogP contribution in [0.5, 0.6) is 5.75 Å². The Balaban J connectivity index is 2.36. The molecular weight excluding hydrogens is 324 g/mol. The second-order valence-electron chi connectivity index (χ2n) is 5.52. The zero-order chi connectivity index (χ0) is 17.2. The largest absolute Gasteiger partial charge is 0.404 e. The molecule has 0 fully saturated rings. The number of hydroxylamine groups is 2. The molecule has 23 heavy (non-hydrogen) atoms. The van der Waals surface area contributed by atoms with Gasteiger partial charge in [-0.05, 0) is 19.9 Å². The second kappa shape index (κ2) is 6.83. The number of fused-ring (bicyclic) bond motifs is 1. The molecule has 9 heteroatoms. The number of hydrogen-bond acceptors (Lipinski definition) is 6. The fourth-order valence-electron chi connectivity index (χ4n) is 2.47. The van der Waals surface area contributed by atoms with Crippen molar-refractivity contribution in [3.05, 3.63) is 29.8 Å². The Kier molecular flexibility index (Phi) is 5.25. The van der Waals surface area contributed by atoms with Crippen molar-refractivity contribution in [2.45, 2.75) is 25.9 Å². The first kappa shape index (κ1) is 17.7. The maximum atomic E-state index is 12.8. The highest BCUT2D eigenvalue weighted by molar-refractivity contribution is 7.85. The van der Waals surface area contributed by atoms with Gasteiger partial charge in [0, 0.05) is 18.2 Å². The van der Waals surface area contributed by atoms with Crippen LogP contribution in [-0.2, 0) is 14.9 Å². The van der Waals surface area contributed by atoms with Crippen LogP contribution < -0.4 is 4.84 Å². The maximum Gasteiger partial charge on any atom is 0.283 e. The molecular formula is C14H20N2O6S. The zero-order valence-corrected chi connectivity index (χ0v) is 13.7. The molecule has 0 radical (unpaired) electrons. The van der Waals surface area contributed by atoms with Crippen molar-refractivity contribution in [1.82, 2.24) is 9.96 Å². The second-order valence-corrected chi connectivity index (χ2v) is 6.94. The van der Waals surface area contributed by atoms with E-state index in [4.69, 9.17) is 14.5 Å². The van der Waals surface area contributed by atoms with Crippen LogP contribution in [0.25, 0.3) is 0 Å². The van der Waals surface area contributed by atoms with Crippen molar-refractivity contribution in [2.24, 2.45) is 0 Å². The van der Waals surface area contributed by atoms with Gasteiger partial charge in [0.2, 0.25) is 5.91 Å². The van der Waals surface area contributed by atoms with E-state index in [2.05, 4.69) is 0 Å². The Labute approximate surface area is 135 Å². The standard InChI is InChI=1S/C14H20N2O6S/c1-10(2)16-13(11-5-3-4-6-12(11)22-16)14(18)15(7-8-17)9-23(19,20)21/h3-6,10,13,17H,7-9H2,1-2H3,(H,19,20,21). The number of nitrogens with zero attached hydrogens (tertiary/aromatic N) is 2. The normalized spacial score (nSPS) is 17.9. The van der Waals surface area contributed by atoms with Crippen LogP contribution in [0.2, 0.25) is 0 Å². The van der Waals surface area contributed by atoms with Crippen LogP contribution in [0.3, 0.4) is 0 Å². The number of hydrogen-bond donors (Lipinski definition) is 2. The molecule has 8 nitrogen and oxygen atoms in total. The van der Waals surface area contributed by atoms with Gasteiger partial charge in [0.05, 0.1) is 6.61 Å². The van der Waals surface area contributed by atoms with Gasteiger partial charge in [0.25, 0.3) is 10.1 Å². The van der Waals surface area contributed by atoms with E-state index in [9.17, 15) is 13.2 Å². The van der Waals surface area contributed by atoms with Gasteiger partial charge < -0.3 is 14.8 Å². The molecule has 0 saturated heterocycles. The first-order valence-corrected chi connectivity index (χ1v) is 8.75. The first-order chi connectivity index (χ1) is 10.7. The summed E-state index contributed by atoms with van der Waals surface area (Å²) in [4.78, 5) is 19.4. The van der Waals surface area contributed by atoms with Crippen molar-refractivity contribution in [3.8, 4) is 5.75 Å². The van der Waals surface area contributed by atoms with Crippen molar-refractivity contribution in [2.75, 3.05) is 19.0 Å². The van der Waals surface area contributed by atoms with Gasteiger partial charge in [-0.3, -0.25) is 9.35 Å². The minimum atomic E-state index is -4.40. The third-order valence-electron chi connectivity index (χ3n) is 3.42.